The van der Waals surface area contributed by atoms with E-state index in [4.69, 9.17) is 11.6 Å². The first-order chi connectivity index (χ1) is 9.99. The summed E-state index contributed by atoms with van der Waals surface area (Å²) in [6.07, 6.45) is 0. The van der Waals surface area contributed by atoms with Gasteiger partial charge in [-0.3, -0.25) is 0 Å². The van der Waals surface area contributed by atoms with Crippen LogP contribution in [0.5, 0.6) is 0 Å². The number of nitrogens with one attached hydrogen (secondary N) is 1. The van der Waals surface area contributed by atoms with Crippen LogP contribution in [0.3, 0.4) is 0 Å². The molecule has 0 spiro atoms. The highest BCUT2D eigenvalue weighted by Crippen LogP contribution is 2.23. The van der Waals surface area contributed by atoms with E-state index in [9.17, 15) is 14.7 Å². The fourth-order valence-electron chi connectivity index (χ4n) is 2.21. The highest BCUT2D eigenvalue weighted by atomic mass is 35.5. The van der Waals surface area contributed by atoms with Gasteiger partial charge in [0.1, 0.15) is 0 Å². The number of piperazine rings is 1. The zero-order chi connectivity index (χ0) is 15.4. The maximum absolute atomic E-state index is 12.2. The van der Waals surface area contributed by atoms with E-state index >= 15 is 0 Å². The molecular formula is C14H18ClN3O3. The second kappa shape index (κ2) is 6.78. The lowest BCUT2D eigenvalue weighted by molar-refractivity contribution is -0.139. The van der Waals surface area contributed by atoms with Gasteiger partial charge >= 0.3 is 12.0 Å². The molecule has 2 N–H and O–H groups in total. The van der Waals surface area contributed by atoms with Crippen molar-refractivity contribution < 1.29 is 14.7 Å². The Morgan fingerprint density at radius 3 is 2.43 bits per heavy atom. The topological polar surface area (TPSA) is 72.9 Å². The zero-order valence-corrected chi connectivity index (χ0v) is 12.5. The van der Waals surface area contributed by atoms with Gasteiger partial charge in [-0.25, -0.2) is 9.59 Å². The number of likely N-dealkylation sites (N-methyl/N-ethyl adjacent to an activating group) is 1. The molecule has 114 valence electrons. The molecule has 1 atom stereocenters. The normalized spacial score (nSPS) is 17.3. The number of hydrogen-bond donors (Lipinski definition) is 2. The van der Waals surface area contributed by atoms with Crippen LogP contribution in [0.1, 0.15) is 11.6 Å². The van der Waals surface area contributed by atoms with Crippen molar-refractivity contribution in [3.05, 3.63) is 34.9 Å². The highest BCUT2D eigenvalue weighted by Gasteiger charge is 2.27. The number of rotatable bonds is 3. The van der Waals surface area contributed by atoms with Crippen LogP contribution in [0.25, 0.3) is 0 Å². The van der Waals surface area contributed by atoms with Crippen molar-refractivity contribution >= 4 is 23.6 Å². The van der Waals surface area contributed by atoms with E-state index in [1.807, 2.05) is 7.05 Å². The molecule has 6 nitrogen and oxygen atoms in total. The monoisotopic (exact) mass is 311 g/mol. The molecule has 1 aliphatic heterocycles. The van der Waals surface area contributed by atoms with Crippen LogP contribution >= 0.6 is 11.6 Å². The Hall–Kier alpha value is -1.79. The van der Waals surface area contributed by atoms with Gasteiger partial charge in [-0.2, -0.15) is 0 Å². The maximum atomic E-state index is 12.2. The summed E-state index contributed by atoms with van der Waals surface area (Å²) < 4.78 is 0. The average molecular weight is 312 g/mol. The van der Waals surface area contributed by atoms with E-state index < -0.39 is 12.0 Å². The molecule has 0 saturated carbocycles. The molecule has 1 heterocycles. The van der Waals surface area contributed by atoms with Crippen molar-refractivity contribution in [2.45, 2.75) is 6.04 Å². The molecule has 0 bridgehead atoms. The number of urea groups is 1. The average Bonchev–Trinajstić information content (AvgIpc) is 2.46. The van der Waals surface area contributed by atoms with E-state index in [1.54, 1.807) is 29.2 Å². The molecular weight excluding hydrogens is 294 g/mol. The van der Waals surface area contributed by atoms with Gasteiger partial charge in [0.25, 0.3) is 0 Å². The van der Waals surface area contributed by atoms with Crippen LogP contribution in [0.2, 0.25) is 5.02 Å². The van der Waals surface area contributed by atoms with Gasteiger partial charge in [0.2, 0.25) is 0 Å². The number of nitrogens with zero attached hydrogens (tertiary/aromatic N) is 2. The molecule has 7 heteroatoms. The molecule has 2 rings (SSSR count). The smallest absolute Gasteiger partial charge is 0.331 e. The molecule has 1 aliphatic rings. The molecule has 0 aromatic heterocycles. The molecule has 0 radical (unpaired) electrons. The van der Waals surface area contributed by atoms with Crippen molar-refractivity contribution in [1.82, 2.24) is 15.1 Å². The number of amides is 2. The molecule has 1 fully saturated rings. The van der Waals surface area contributed by atoms with Crippen LogP contribution < -0.4 is 5.32 Å². The zero-order valence-electron chi connectivity index (χ0n) is 11.8. The first-order valence-electron chi connectivity index (χ1n) is 6.70. The Kier molecular flexibility index (Phi) is 5.03. The molecule has 1 aromatic carbocycles. The number of benzene rings is 1. The number of carbonyl (C=O) groups is 2. The number of aliphatic carboxylic acids is 1. The van der Waals surface area contributed by atoms with Crippen LogP contribution in [0.4, 0.5) is 4.79 Å². The van der Waals surface area contributed by atoms with Gasteiger partial charge in [0.05, 0.1) is 0 Å². The Morgan fingerprint density at radius 2 is 1.86 bits per heavy atom. The summed E-state index contributed by atoms with van der Waals surface area (Å²) in [6.45, 7) is 2.71. The van der Waals surface area contributed by atoms with Gasteiger partial charge in [-0.05, 0) is 13.1 Å². The largest absolute Gasteiger partial charge is 0.479 e. The second-order valence-electron chi connectivity index (χ2n) is 5.03. The van der Waals surface area contributed by atoms with E-state index in [0.717, 1.165) is 13.1 Å². The van der Waals surface area contributed by atoms with Crippen molar-refractivity contribution in [2.75, 3.05) is 33.2 Å². The molecule has 1 aromatic rings. The number of carboxylic acids is 1. The van der Waals surface area contributed by atoms with Gasteiger partial charge in [-0.15, -0.1) is 0 Å². The Bertz CT molecular complexity index is 530. The first-order valence-corrected chi connectivity index (χ1v) is 7.08. The lowest BCUT2D eigenvalue weighted by atomic mass is 10.1. The summed E-state index contributed by atoms with van der Waals surface area (Å²) in [5.74, 6) is -1.13. The van der Waals surface area contributed by atoms with Crippen molar-refractivity contribution in [2.24, 2.45) is 0 Å². The molecule has 0 aliphatic carbocycles. The molecule has 2 amide bonds. The fraction of sp³-hybridized carbons (Fsp3) is 0.429. The van der Waals surface area contributed by atoms with E-state index in [-0.39, 0.29) is 6.03 Å². The summed E-state index contributed by atoms with van der Waals surface area (Å²) in [5.41, 5.74) is 0.383. The van der Waals surface area contributed by atoms with Crippen LogP contribution in [-0.2, 0) is 4.79 Å². The third-order valence-electron chi connectivity index (χ3n) is 3.52. The molecule has 1 saturated heterocycles. The van der Waals surface area contributed by atoms with Gasteiger partial charge in [0, 0.05) is 36.8 Å². The second-order valence-corrected chi connectivity index (χ2v) is 5.44. The third kappa shape index (κ3) is 3.86. The minimum atomic E-state index is -1.15. The van der Waals surface area contributed by atoms with E-state index in [1.165, 1.54) is 0 Å². The van der Waals surface area contributed by atoms with Gasteiger partial charge in [-0.1, -0.05) is 29.8 Å². The Balaban J connectivity index is 2.08. The standard InChI is InChI=1S/C14H18ClN3O3/c1-17-6-8-18(9-7-17)14(21)16-12(13(19)20)10-4-2-3-5-11(10)15/h2-5,12H,6-9H2,1H3,(H,16,21)(H,19,20)/t12-/m1/s1. The number of halogens is 1. The summed E-state index contributed by atoms with van der Waals surface area (Å²) >= 11 is 6.02. The number of carboxylic acid groups (broad SMARTS) is 1. The first kappa shape index (κ1) is 15.6. The van der Waals surface area contributed by atoms with Crippen molar-refractivity contribution in [1.29, 1.82) is 0 Å². The van der Waals surface area contributed by atoms with Crippen LogP contribution in [-0.4, -0.2) is 60.1 Å². The predicted molar refractivity (Wildman–Crippen MR) is 79.4 cm³/mol. The minimum Gasteiger partial charge on any atom is -0.479 e. The fourth-order valence-corrected chi connectivity index (χ4v) is 2.45. The van der Waals surface area contributed by atoms with Crippen LogP contribution in [0, 0.1) is 0 Å². The number of hydrogen-bond acceptors (Lipinski definition) is 3. The lowest BCUT2D eigenvalue weighted by Gasteiger charge is -2.33. The SMILES string of the molecule is CN1CCN(C(=O)N[C@@H](C(=O)O)c2ccccc2Cl)CC1. The maximum Gasteiger partial charge on any atom is 0.331 e. The van der Waals surface area contributed by atoms with E-state index in [0.29, 0.717) is 23.7 Å². The van der Waals surface area contributed by atoms with Crippen LogP contribution in [0.15, 0.2) is 24.3 Å². The summed E-state index contributed by atoms with van der Waals surface area (Å²) in [6, 6.07) is 5.09. The summed E-state index contributed by atoms with van der Waals surface area (Å²) in [5, 5.41) is 12.2. The number of carbonyl (C=O) groups excluding carboxylic acids is 1. The van der Waals surface area contributed by atoms with Gasteiger partial charge < -0.3 is 20.2 Å². The van der Waals surface area contributed by atoms with Crippen molar-refractivity contribution in [3.63, 3.8) is 0 Å². The quantitative estimate of drug-likeness (QED) is 0.885. The Morgan fingerprint density at radius 1 is 1.24 bits per heavy atom. The lowest BCUT2D eigenvalue weighted by Crippen LogP contribution is -2.52. The molecule has 21 heavy (non-hydrogen) atoms. The third-order valence-corrected chi connectivity index (χ3v) is 3.87. The summed E-state index contributed by atoms with van der Waals surface area (Å²) in [7, 11) is 1.99. The van der Waals surface area contributed by atoms with Crippen molar-refractivity contribution in [3.8, 4) is 0 Å². The summed E-state index contributed by atoms with van der Waals surface area (Å²) in [4.78, 5) is 27.4. The minimum absolute atomic E-state index is 0.323. The molecule has 0 unspecified atom stereocenters. The predicted octanol–water partition coefficient (Wildman–Crippen LogP) is 1.42. The van der Waals surface area contributed by atoms with E-state index in [2.05, 4.69) is 10.2 Å². The highest BCUT2D eigenvalue weighted by molar-refractivity contribution is 6.31. The Labute approximate surface area is 128 Å². The van der Waals surface area contributed by atoms with Gasteiger partial charge in [0.15, 0.2) is 6.04 Å².